The first kappa shape index (κ1) is 15.9. The van der Waals surface area contributed by atoms with Crippen LogP contribution in [-0.2, 0) is 4.79 Å². The van der Waals surface area contributed by atoms with Crippen LogP contribution in [0.4, 0.5) is 8.78 Å². The summed E-state index contributed by atoms with van der Waals surface area (Å²) < 4.78 is 27.0. The summed E-state index contributed by atoms with van der Waals surface area (Å²) in [5.41, 5.74) is 0.318. The van der Waals surface area contributed by atoms with E-state index in [9.17, 15) is 13.6 Å². The van der Waals surface area contributed by atoms with Crippen LogP contribution < -0.4 is 5.32 Å². The number of carbonyl (C=O) groups excluding carboxylic acids is 1. The van der Waals surface area contributed by atoms with Crippen LogP contribution >= 0.6 is 0 Å². The Kier molecular flexibility index (Phi) is 4.93. The van der Waals surface area contributed by atoms with Gasteiger partial charge in [0.05, 0.1) is 6.54 Å². The van der Waals surface area contributed by atoms with Gasteiger partial charge >= 0.3 is 0 Å². The standard InChI is InChI=1S/C16H22F2N2O/c1-4-10(2)7-11(3)20-15(21)9-19-16(20)13-6-5-12(17)8-14(13)18/h5-6,8,10-11,16,19H,4,7,9H2,1-3H3. The average molecular weight is 296 g/mol. The Morgan fingerprint density at radius 2 is 2.10 bits per heavy atom. The second-order valence-corrected chi connectivity index (χ2v) is 5.85. The van der Waals surface area contributed by atoms with Gasteiger partial charge in [-0.2, -0.15) is 0 Å². The van der Waals surface area contributed by atoms with E-state index < -0.39 is 17.8 Å². The first-order valence-corrected chi connectivity index (χ1v) is 7.43. The quantitative estimate of drug-likeness (QED) is 0.905. The zero-order valence-electron chi connectivity index (χ0n) is 12.7. The van der Waals surface area contributed by atoms with Crippen LogP contribution in [0.25, 0.3) is 0 Å². The third-order valence-electron chi connectivity index (χ3n) is 4.19. The summed E-state index contributed by atoms with van der Waals surface area (Å²) >= 11 is 0. The summed E-state index contributed by atoms with van der Waals surface area (Å²) in [7, 11) is 0. The summed E-state index contributed by atoms with van der Waals surface area (Å²) in [6.45, 7) is 6.41. The SMILES string of the molecule is CCC(C)CC(C)N1C(=O)CNC1c1ccc(F)cc1F. The van der Waals surface area contributed by atoms with Crippen LogP contribution in [0.3, 0.4) is 0 Å². The maximum atomic E-state index is 14.0. The first-order chi connectivity index (χ1) is 9.93. The molecule has 1 fully saturated rings. The van der Waals surface area contributed by atoms with E-state index in [0.717, 1.165) is 18.9 Å². The average Bonchev–Trinajstić information content (AvgIpc) is 2.80. The Bertz CT molecular complexity index is 521. The predicted molar refractivity (Wildman–Crippen MR) is 77.5 cm³/mol. The minimum atomic E-state index is -0.622. The Morgan fingerprint density at radius 3 is 2.71 bits per heavy atom. The van der Waals surface area contributed by atoms with Crippen molar-refractivity contribution in [2.75, 3.05) is 6.54 Å². The van der Waals surface area contributed by atoms with Gasteiger partial charge in [-0.05, 0) is 31.4 Å². The molecule has 1 aliphatic heterocycles. The van der Waals surface area contributed by atoms with Crippen LogP contribution in [0.15, 0.2) is 18.2 Å². The van der Waals surface area contributed by atoms with Crippen molar-refractivity contribution >= 4 is 5.91 Å². The highest BCUT2D eigenvalue weighted by Crippen LogP contribution is 2.29. The molecule has 21 heavy (non-hydrogen) atoms. The number of benzene rings is 1. The van der Waals surface area contributed by atoms with Crippen LogP contribution in [0.2, 0.25) is 0 Å². The Balaban J connectivity index is 2.23. The van der Waals surface area contributed by atoms with Crippen molar-refractivity contribution in [1.29, 1.82) is 0 Å². The molecular formula is C16H22F2N2O. The molecule has 1 aromatic carbocycles. The lowest BCUT2D eigenvalue weighted by atomic mass is 9.98. The predicted octanol–water partition coefficient (Wildman–Crippen LogP) is 3.22. The van der Waals surface area contributed by atoms with Crippen LogP contribution in [0, 0.1) is 17.6 Å². The first-order valence-electron chi connectivity index (χ1n) is 7.43. The summed E-state index contributed by atoms with van der Waals surface area (Å²) in [6.07, 6.45) is 1.38. The fourth-order valence-electron chi connectivity index (χ4n) is 2.86. The van der Waals surface area contributed by atoms with E-state index in [0.29, 0.717) is 11.5 Å². The molecule has 0 saturated carbocycles. The van der Waals surface area contributed by atoms with E-state index in [1.807, 2.05) is 6.92 Å². The molecular weight excluding hydrogens is 274 g/mol. The van der Waals surface area contributed by atoms with Gasteiger partial charge in [0.15, 0.2) is 0 Å². The number of hydrogen-bond acceptors (Lipinski definition) is 2. The van der Waals surface area contributed by atoms with Crippen molar-refractivity contribution in [2.45, 2.75) is 45.8 Å². The Morgan fingerprint density at radius 1 is 1.38 bits per heavy atom. The van der Waals surface area contributed by atoms with Crippen molar-refractivity contribution in [1.82, 2.24) is 10.2 Å². The fraction of sp³-hybridized carbons (Fsp3) is 0.562. The molecule has 1 N–H and O–H groups in total. The van der Waals surface area contributed by atoms with Gasteiger partial charge in [0.2, 0.25) is 5.91 Å². The van der Waals surface area contributed by atoms with Crippen molar-refractivity contribution in [3.05, 3.63) is 35.4 Å². The molecule has 5 heteroatoms. The lowest BCUT2D eigenvalue weighted by molar-refractivity contribution is -0.130. The molecule has 2 rings (SSSR count). The monoisotopic (exact) mass is 296 g/mol. The van der Waals surface area contributed by atoms with Crippen LogP contribution in [0.1, 0.15) is 45.3 Å². The third-order valence-corrected chi connectivity index (χ3v) is 4.19. The number of carbonyl (C=O) groups is 1. The second kappa shape index (κ2) is 6.52. The fourth-order valence-corrected chi connectivity index (χ4v) is 2.86. The van der Waals surface area contributed by atoms with Crippen molar-refractivity contribution in [2.24, 2.45) is 5.92 Å². The number of rotatable bonds is 5. The largest absolute Gasteiger partial charge is 0.319 e. The van der Waals surface area contributed by atoms with E-state index in [-0.39, 0.29) is 18.5 Å². The molecule has 1 aromatic rings. The van der Waals surface area contributed by atoms with Gasteiger partial charge in [0.1, 0.15) is 17.8 Å². The van der Waals surface area contributed by atoms with Gasteiger partial charge in [-0.15, -0.1) is 0 Å². The molecule has 0 aliphatic carbocycles. The Hall–Kier alpha value is -1.49. The molecule has 3 nitrogen and oxygen atoms in total. The molecule has 0 aromatic heterocycles. The zero-order valence-corrected chi connectivity index (χ0v) is 12.7. The normalized spacial score (nSPS) is 21.7. The highest BCUT2D eigenvalue weighted by atomic mass is 19.1. The zero-order chi connectivity index (χ0) is 15.6. The molecule has 1 saturated heterocycles. The smallest absolute Gasteiger partial charge is 0.238 e. The minimum absolute atomic E-state index is 0.0110. The van der Waals surface area contributed by atoms with E-state index in [2.05, 4.69) is 19.2 Å². The number of halogens is 2. The van der Waals surface area contributed by atoms with Gasteiger partial charge in [-0.1, -0.05) is 20.3 Å². The maximum Gasteiger partial charge on any atom is 0.238 e. The van der Waals surface area contributed by atoms with Crippen LogP contribution in [-0.4, -0.2) is 23.4 Å². The minimum Gasteiger partial charge on any atom is -0.319 e. The molecule has 3 atom stereocenters. The number of hydrogen-bond donors (Lipinski definition) is 1. The molecule has 116 valence electrons. The van der Waals surface area contributed by atoms with Crippen molar-refractivity contribution in [3.63, 3.8) is 0 Å². The topological polar surface area (TPSA) is 32.3 Å². The molecule has 1 aliphatic rings. The highest BCUT2D eigenvalue weighted by Gasteiger charge is 2.36. The van der Waals surface area contributed by atoms with Gasteiger partial charge < -0.3 is 4.90 Å². The van der Waals surface area contributed by atoms with E-state index >= 15 is 0 Å². The lowest BCUT2D eigenvalue weighted by Gasteiger charge is -2.32. The van der Waals surface area contributed by atoms with Crippen molar-refractivity contribution in [3.8, 4) is 0 Å². The number of nitrogens with one attached hydrogen (secondary N) is 1. The number of amides is 1. The van der Waals surface area contributed by atoms with Crippen molar-refractivity contribution < 1.29 is 13.6 Å². The van der Waals surface area contributed by atoms with Gasteiger partial charge in [0, 0.05) is 17.7 Å². The molecule has 0 bridgehead atoms. The Labute approximate surface area is 124 Å². The number of nitrogens with zero attached hydrogens (tertiary/aromatic N) is 1. The molecule has 1 heterocycles. The maximum absolute atomic E-state index is 14.0. The third kappa shape index (κ3) is 3.40. The molecule has 0 spiro atoms. The summed E-state index contributed by atoms with van der Waals surface area (Å²) in [6, 6.07) is 3.50. The van der Waals surface area contributed by atoms with E-state index in [1.165, 1.54) is 12.1 Å². The van der Waals surface area contributed by atoms with Gasteiger partial charge in [-0.3, -0.25) is 10.1 Å². The summed E-state index contributed by atoms with van der Waals surface area (Å²) in [5, 5.41) is 3.02. The summed E-state index contributed by atoms with van der Waals surface area (Å²) in [4.78, 5) is 13.8. The highest BCUT2D eigenvalue weighted by molar-refractivity contribution is 5.81. The van der Waals surface area contributed by atoms with E-state index in [1.54, 1.807) is 4.90 Å². The van der Waals surface area contributed by atoms with Crippen LogP contribution in [0.5, 0.6) is 0 Å². The summed E-state index contributed by atoms with van der Waals surface area (Å²) in [5.74, 6) is -0.783. The second-order valence-electron chi connectivity index (χ2n) is 5.85. The lowest BCUT2D eigenvalue weighted by Crippen LogP contribution is -2.39. The van der Waals surface area contributed by atoms with Gasteiger partial charge in [-0.25, -0.2) is 8.78 Å². The molecule has 0 radical (unpaired) electrons. The molecule has 1 amide bonds. The molecule has 3 unspecified atom stereocenters. The van der Waals surface area contributed by atoms with Gasteiger partial charge in [0.25, 0.3) is 0 Å². The van der Waals surface area contributed by atoms with E-state index in [4.69, 9.17) is 0 Å².